The van der Waals surface area contributed by atoms with Gasteiger partial charge < -0.3 is 6.92 Å². The summed E-state index contributed by atoms with van der Waals surface area (Å²) in [5.41, 5.74) is 0. The minimum atomic E-state index is 0. The van der Waals surface area contributed by atoms with Crippen LogP contribution in [0.25, 0.3) is 0 Å². The van der Waals surface area contributed by atoms with Gasteiger partial charge in [0.2, 0.25) is 0 Å². The van der Waals surface area contributed by atoms with E-state index in [2.05, 4.69) is 6.92 Å². The van der Waals surface area contributed by atoms with Crippen LogP contribution < -0.4 is 0 Å². The van der Waals surface area contributed by atoms with Gasteiger partial charge in [0.05, 0.1) is 0 Å². The molecule has 1 rings (SSSR count). The first-order valence-electron chi connectivity index (χ1n) is 3.14. The van der Waals surface area contributed by atoms with Gasteiger partial charge in [-0.15, -0.1) is 0 Å². The maximum absolute atomic E-state index is 10.6. The van der Waals surface area contributed by atoms with E-state index in [1.54, 1.807) is 0 Å². The van der Waals surface area contributed by atoms with Crippen LogP contribution in [-0.2, 0) is 37.5 Å². The van der Waals surface area contributed by atoms with Crippen LogP contribution in [0.2, 0.25) is 0 Å². The molecule has 0 aliphatic heterocycles. The number of hydrogen-bond acceptors (Lipinski definition) is 1. The van der Waals surface area contributed by atoms with Gasteiger partial charge in [0.1, 0.15) is 5.78 Å². The Morgan fingerprint density at radius 1 is 1.33 bits per heavy atom. The quantitative estimate of drug-likeness (QED) is 0.542. The van der Waals surface area contributed by atoms with Gasteiger partial charge in [0, 0.05) is 45.6 Å². The van der Waals surface area contributed by atoms with Crippen LogP contribution in [0.5, 0.6) is 0 Å². The fourth-order valence-corrected chi connectivity index (χ4v) is 1.000. The number of Topliss-reactive ketones (excluding diaryl/α,β-unsaturated/α-hetero) is 1. The molecule has 0 saturated heterocycles. The zero-order valence-electron chi connectivity index (χ0n) is 5.60. The Kier molecular flexibility index (Phi) is 4.96. The molecule has 0 bridgehead atoms. The van der Waals surface area contributed by atoms with E-state index in [1.165, 1.54) is 0 Å². The third-order valence-electron chi connectivity index (χ3n) is 1.66. The SMILES string of the molecule is [CH2-]C1CCC(=O)CC1.[Y]. The summed E-state index contributed by atoms with van der Waals surface area (Å²) < 4.78 is 0. The average molecular weight is 200 g/mol. The third kappa shape index (κ3) is 3.47. The standard InChI is InChI=1S/C7H11O.Y/c1-6-2-4-7(8)5-3-6;/h6H,1-5H2;/q-1;. The normalized spacial score (nSPS) is 21.2. The molecule has 1 nitrogen and oxygen atoms in total. The van der Waals surface area contributed by atoms with Gasteiger partial charge in [-0.05, 0) is 0 Å². The van der Waals surface area contributed by atoms with Gasteiger partial charge in [0.25, 0.3) is 0 Å². The zero-order valence-corrected chi connectivity index (χ0v) is 8.44. The van der Waals surface area contributed by atoms with Crippen LogP contribution in [0, 0.1) is 12.8 Å². The Bertz CT molecular complexity index is 91.1. The third-order valence-corrected chi connectivity index (χ3v) is 1.66. The minimum Gasteiger partial charge on any atom is -0.340 e. The maximum atomic E-state index is 10.6. The molecular formula is C7H11OY-. The Morgan fingerprint density at radius 2 is 1.78 bits per heavy atom. The molecule has 0 atom stereocenters. The molecule has 0 unspecified atom stereocenters. The molecule has 0 aromatic rings. The van der Waals surface area contributed by atoms with Crippen LogP contribution in [0.3, 0.4) is 0 Å². The van der Waals surface area contributed by atoms with Gasteiger partial charge in [-0.25, -0.2) is 0 Å². The summed E-state index contributed by atoms with van der Waals surface area (Å²) in [6.07, 6.45) is 3.57. The molecule has 0 N–H and O–H groups in total. The van der Waals surface area contributed by atoms with Gasteiger partial charge in [-0.3, -0.25) is 4.79 Å². The van der Waals surface area contributed by atoms with Crippen LogP contribution in [-0.4, -0.2) is 5.78 Å². The van der Waals surface area contributed by atoms with Crippen LogP contribution >= 0.6 is 0 Å². The summed E-state index contributed by atoms with van der Waals surface area (Å²) >= 11 is 0. The van der Waals surface area contributed by atoms with Crippen LogP contribution in [0.1, 0.15) is 25.7 Å². The van der Waals surface area contributed by atoms with Crippen molar-refractivity contribution < 1.29 is 37.5 Å². The van der Waals surface area contributed by atoms with E-state index < -0.39 is 0 Å². The first-order chi connectivity index (χ1) is 3.79. The van der Waals surface area contributed by atoms with Crippen molar-refractivity contribution in [3.8, 4) is 0 Å². The second-order valence-electron chi connectivity index (χ2n) is 2.48. The van der Waals surface area contributed by atoms with Gasteiger partial charge >= 0.3 is 0 Å². The van der Waals surface area contributed by atoms with E-state index in [0.717, 1.165) is 25.7 Å². The maximum Gasteiger partial charge on any atom is 0.132 e. The van der Waals surface area contributed by atoms with E-state index in [4.69, 9.17) is 0 Å². The molecule has 0 amide bonds. The Morgan fingerprint density at radius 3 is 2.11 bits per heavy atom. The molecule has 1 fully saturated rings. The number of rotatable bonds is 0. The van der Waals surface area contributed by atoms with Crippen LogP contribution in [0.4, 0.5) is 0 Å². The van der Waals surface area contributed by atoms with Gasteiger partial charge in [-0.2, -0.15) is 5.92 Å². The zero-order chi connectivity index (χ0) is 5.98. The molecular weight excluding hydrogens is 189 g/mol. The smallest absolute Gasteiger partial charge is 0.132 e. The van der Waals surface area contributed by atoms with Crippen LogP contribution in [0.15, 0.2) is 0 Å². The average Bonchev–Trinajstić information content (AvgIpc) is 1.77. The summed E-state index contributed by atoms with van der Waals surface area (Å²) in [7, 11) is 0. The largest absolute Gasteiger partial charge is 0.340 e. The summed E-state index contributed by atoms with van der Waals surface area (Å²) in [5.74, 6) is 0.970. The van der Waals surface area contributed by atoms with E-state index in [1.807, 2.05) is 0 Å². The number of carbonyl (C=O) groups excluding carboxylic acids is 1. The van der Waals surface area contributed by atoms with Crippen molar-refractivity contribution in [3.63, 3.8) is 0 Å². The topological polar surface area (TPSA) is 17.1 Å². The summed E-state index contributed by atoms with van der Waals surface area (Å²) in [6.45, 7) is 3.88. The molecule has 1 saturated carbocycles. The van der Waals surface area contributed by atoms with Gasteiger partial charge in [-0.1, -0.05) is 12.8 Å². The fourth-order valence-electron chi connectivity index (χ4n) is 1.000. The minimum absolute atomic E-state index is 0. The van der Waals surface area contributed by atoms with Crippen molar-refractivity contribution in [2.24, 2.45) is 5.92 Å². The monoisotopic (exact) mass is 200 g/mol. The molecule has 1 aliphatic carbocycles. The van der Waals surface area contributed by atoms with Crippen molar-refractivity contribution in [2.75, 3.05) is 0 Å². The number of carbonyl (C=O) groups is 1. The van der Waals surface area contributed by atoms with Crippen molar-refractivity contribution in [3.05, 3.63) is 6.92 Å². The van der Waals surface area contributed by atoms with E-state index in [9.17, 15) is 4.79 Å². The molecule has 49 valence electrons. The van der Waals surface area contributed by atoms with Crippen molar-refractivity contribution in [1.82, 2.24) is 0 Å². The molecule has 9 heavy (non-hydrogen) atoms. The Labute approximate surface area is 81.5 Å². The van der Waals surface area contributed by atoms with E-state index in [0.29, 0.717) is 11.7 Å². The number of hydrogen-bond donors (Lipinski definition) is 0. The Balaban J connectivity index is 0.000000640. The summed E-state index contributed by atoms with van der Waals surface area (Å²) in [5, 5.41) is 0. The molecule has 0 aromatic carbocycles. The van der Waals surface area contributed by atoms with E-state index >= 15 is 0 Å². The molecule has 0 heterocycles. The second kappa shape index (κ2) is 4.57. The molecule has 0 aromatic heterocycles. The first kappa shape index (κ1) is 9.77. The predicted octanol–water partition coefficient (Wildman–Crippen LogP) is 1.58. The van der Waals surface area contributed by atoms with E-state index in [-0.39, 0.29) is 32.7 Å². The predicted molar refractivity (Wildman–Crippen MR) is 32.3 cm³/mol. The molecule has 1 aliphatic rings. The first-order valence-corrected chi connectivity index (χ1v) is 3.14. The molecule has 2 heteroatoms. The second-order valence-corrected chi connectivity index (χ2v) is 2.48. The molecule has 1 radical (unpaired) electrons. The van der Waals surface area contributed by atoms with Gasteiger partial charge in [0.15, 0.2) is 0 Å². The summed E-state index contributed by atoms with van der Waals surface area (Å²) in [6, 6.07) is 0. The Hall–Kier alpha value is 0.774. The summed E-state index contributed by atoms with van der Waals surface area (Å²) in [4.78, 5) is 10.6. The fraction of sp³-hybridized carbons (Fsp3) is 0.714. The molecule has 0 spiro atoms. The number of ketones is 1. The van der Waals surface area contributed by atoms with Crippen molar-refractivity contribution in [2.45, 2.75) is 25.7 Å². The van der Waals surface area contributed by atoms with Crippen molar-refractivity contribution >= 4 is 5.78 Å². The van der Waals surface area contributed by atoms with Crippen molar-refractivity contribution in [1.29, 1.82) is 0 Å².